The van der Waals surface area contributed by atoms with E-state index in [1.807, 2.05) is 60.7 Å². The number of nitrogens with zero attached hydrogens (tertiary/aromatic N) is 2. The van der Waals surface area contributed by atoms with Crippen LogP contribution in [0.15, 0.2) is 109 Å². The van der Waals surface area contributed by atoms with Gasteiger partial charge in [0.15, 0.2) is 11.5 Å². The van der Waals surface area contributed by atoms with E-state index in [-0.39, 0.29) is 11.9 Å². The summed E-state index contributed by atoms with van der Waals surface area (Å²) in [5.74, 6) is 1.47. The normalized spacial score (nSPS) is 17.8. The molecule has 1 amide bonds. The molecule has 0 radical (unpaired) electrons. The zero-order chi connectivity index (χ0) is 27.2. The topological polar surface area (TPSA) is 42.0 Å². The molecule has 0 aliphatic carbocycles. The van der Waals surface area contributed by atoms with E-state index in [4.69, 9.17) is 9.47 Å². The Bertz CT molecular complexity index is 1340. The Labute approximate surface area is 231 Å². The third-order valence-electron chi connectivity index (χ3n) is 7.79. The first-order valence-corrected chi connectivity index (χ1v) is 13.4. The van der Waals surface area contributed by atoms with Crippen LogP contribution in [0, 0.1) is 0 Å². The monoisotopic (exact) mass is 520 g/mol. The maximum atomic E-state index is 14.7. The van der Waals surface area contributed by atoms with Gasteiger partial charge in [0, 0.05) is 19.6 Å². The van der Waals surface area contributed by atoms with Crippen LogP contribution in [0.4, 0.5) is 0 Å². The molecule has 1 heterocycles. The fourth-order valence-corrected chi connectivity index (χ4v) is 5.72. The molecule has 0 saturated carbocycles. The number of piperazine rings is 1. The Kier molecular flexibility index (Phi) is 7.99. The van der Waals surface area contributed by atoms with Crippen LogP contribution in [-0.2, 0) is 17.8 Å². The molecule has 1 aliphatic rings. The third-order valence-corrected chi connectivity index (χ3v) is 7.79. The number of carbonyl (C=O) groups excluding carboxylic acids is 1. The summed E-state index contributed by atoms with van der Waals surface area (Å²) in [5.41, 5.74) is 3.68. The standard InChI is InChI=1S/C34H36N2O3/c1-34(24-27-19-20-30(38-2)31(23-27)39-3)33(37)36(22-21-35(34)25-26-13-7-4-8-14-26)32(28-15-9-5-10-16-28)29-17-11-6-12-18-29/h4-20,23,32H,21-22,24-25H2,1-3H3. The van der Waals surface area contributed by atoms with Crippen molar-refractivity contribution in [1.29, 1.82) is 0 Å². The van der Waals surface area contributed by atoms with Crippen LogP contribution in [-0.4, -0.2) is 48.6 Å². The van der Waals surface area contributed by atoms with E-state index in [0.29, 0.717) is 31.0 Å². The van der Waals surface area contributed by atoms with Gasteiger partial charge in [-0.05, 0) is 47.7 Å². The van der Waals surface area contributed by atoms with Crippen molar-refractivity contribution in [3.8, 4) is 11.5 Å². The number of rotatable bonds is 9. The second-order valence-corrected chi connectivity index (χ2v) is 10.3. The van der Waals surface area contributed by atoms with Crippen molar-refractivity contribution >= 4 is 5.91 Å². The number of methoxy groups -OCH3 is 2. The first kappa shape index (κ1) is 26.5. The lowest BCUT2D eigenvalue weighted by molar-refractivity contribution is -0.153. The molecule has 4 aromatic carbocycles. The Morgan fingerprint density at radius 3 is 1.85 bits per heavy atom. The van der Waals surface area contributed by atoms with Crippen LogP contribution in [0.5, 0.6) is 11.5 Å². The van der Waals surface area contributed by atoms with Gasteiger partial charge >= 0.3 is 0 Å². The lowest BCUT2D eigenvalue weighted by atomic mass is 9.84. The van der Waals surface area contributed by atoms with Crippen molar-refractivity contribution in [2.75, 3.05) is 27.3 Å². The smallest absolute Gasteiger partial charge is 0.243 e. The minimum atomic E-state index is -0.768. The fraction of sp³-hybridized carbons (Fsp3) is 0.265. The first-order valence-electron chi connectivity index (χ1n) is 13.4. The van der Waals surface area contributed by atoms with Crippen molar-refractivity contribution in [3.05, 3.63) is 131 Å². The van der Waals surface area contributed by atoms with Crippen molar-refractivity contribution in [1.82, 2.24) is 9.80 Å². The molecular formula is C34H36N2O3. The summed E-state index contributed by atoms with van der Waals surface area (Å²) >= 11 is 0. The Balaban J connectivity index is 1.55. The highest BCUT2D eigenvalue weighted by Crippen LogP contribution is 2.38. The summed E-state index contributed by atoms with van der Waals surface area (Å²) in [7, 11) is 3.28. The van der Waals surface area contributed by atoms with E-state index < -0.39 is 5.54 Å². The average Bonchev–Trinajstić information content (AvgIpc) is 2.98. The lowest BCUT2D eigenvalue weighted by Crippen LogP contribution is -2.65. The Morgan fingerprint density at radius 2 is 1.28 bits per heavy atom. The molecule has 0 bridgehead atoms. The van der Waals surface area contributed by atoms with E-state index in [1.165, 1.54) is 5.56 Å². The van der Waals surface area contributed by atoms with E-state index >= 15 is 0 Å². The van der Waals surface area contributed by atoms with E-state index in [1.54, 1.807) is 14.2 Å². The summed E-state index contributed by atoms with van der Waals surface area (Å²) in [6, 6.07) is 36.9. The van der Waals surface area contributed by atoms with Crippen LogP contribution in [0.25, 0.3) is 0 Å². The maximum absolute atomic E-state index is 14.7. The van der Waals surface area contributed by atoms with Gasteiger partial charge < -0.3 is 14.4 Å². The highest BCUT2D eigenvalue weighted by Gasteiger charge is 2.47. The van der Waals surface area contributed by atoms with Crippen LogP contribution in [0.2, 0.25) is 0 Å². The van der Waals surface area contributed by atoms with E-state index in [2.05, 4.69) is 65.3 Å². The average molecular weight is 521 g/mol. The van der Waals surface area contributed by atoms with Gasteiger partial charge in [-0.15, -0.1) is 0 Å². The van der Waals surface area contributed by atoms with Crippen LogP contribution >= 0.6 is 0 Å². The highest BCUT2D eigenvalue weighted by atomic mass is 16.5. The first-order chi connectivity index (χ1) is 19.0. The van der Waals surface area contributed by atoms with Gasteiger partial charge in [-0.25, -0.2) is 0 Å². The van der Waals surface area contributed by atoms with E-state index in [9.17, 15) is 4.79 Å². The second kappa shape index (κ2) is 11.7. The summed E-state index contributed by atoms with van der Waals surface area (Å²) in [4.78, 5) is 19.2. The molecule has 200 valence electrons. The van der Waals surface area contributed by atoms with Gasteiger partial charge in [-0.1, -0.05) is 97.1 Å². The van der Waals surface area contributed by atoms with Crippen LogP contribution < -0.4 is 9.47 Å². The van der Waals surface area contributed by atoms with Gasteiger partial charge in [-0.3, -0.25) is 9.69 Å². The zero-order valence-electron chi connectivity index (χ0n) is 22.9. The predicted molar refractivity (Wildman–Crippen MR) is 155 cm³/mol. The molecule has 0 spiro atoms. The molecule has 4 aromatic rings. The molecule has 0 N–H and O–H groups in total. The molecule has 5 nitrogen and oxygen atoms in total. The van der Waals surface area contributed by atoms with Gasteiger partial charge in [0.25, 0.3) is 0 Å². The van der Waals surface area contributed by atoms with Gasteiger partial charge in [0.05, 0.1) is 20.3 Å². The molecule has 1 saturated heterocycles. The molecule has 5 heteroatoms. The maximum Gasteiger partial charge on any atom is 0.243 e. The van der Waals surface area contributed by atoms with Crippen molar-refractivity contribution < 1.29 is 14.3 Å². The van der Waals surface area contributed by atoms with Crippen LogP contribution in [0.3, 0.4) is 0 Å². The van der Waals surface area contributed by atoms with Crippen LogP contribution in [0.1, 0.15) is 35.2 Å². The van der Waals surface area contributed by atoms with Gasteiger partial charge in [0.2, 0.25) is 5.91 Å². The molecule has 1 unspecified atom stereocenters. The number of benzene rings is 4. The SMILES string of the molecule is COc1ccc(CC2(C)C(=O)N(C(c3ccccc3)c3ccccc3)CCN2Cc2ccccc2)cc1OC. The third kappa shape index (κ3) is 5.55. The fourth-order valence-electron chi connectivity index (χ4n) is 5.72. The summed E-state index contributed by atoms with van der Waals surface area (Å²) in [6.45, 7) is 4.20. The molecule has 39 heavy (non-hydrogen) atoms. The van der Waals surface area contributed by atoms with E-state index in [0.717, 1.165) is 23.2 Å². The second-order valence-electron chi connectivity index (χ2n) is 10.3. The Hall–Kier alpha value is -4.09. The minimum Gasteiger partial charge on any atom is -0.493 e. The van der Waals surface area contributed by atoms with Crippen molar-refractivity contribution in [2.45, 2.75) is 31.5 Å². The number of amides is 1. The molecule has 1 atom stereocenters. The van der Waals surface area contributed by atoms with Gasteiger partial charge in [-0.2, -0.15) is 0 Å². The highest BCUT2D eigenvalue weighted by molar-refractivity contribution is 5.88. The summed E-state index contributed by atoms with van der Waals surface area (Å²) in [6.07, 6.45) is 0.547. The van der Waals surface area contributed by atoms with Gasteiger partial charge in [0.1, 0.15) is 5.54 Å². The molecule has 1 aliphatic heterocycles. The largest absolute Gasteiger partial charge is 0.493 e. The van der Waals surface area contributed by atoms with Crippen molar-refractivity contribution in [2.24, 2.45) is 0 Å². The van der Waals surface area contributed by atoms with Crippen molar-refractivity contribution in [3.63, 3.8) is 0 Å². The molecule has 0 aromatic heterocycles. The summed E-state index contributed by atoms with van der Waals surface area (Å²) in [5, 5.41) is 0. The lowest BCUT2D eigenvalue weighted by Gasteiger charge is -2.50. The number of hydrogen-bond acceptors (Lipinski definition) is 4. The number of hydrogen-bond donors (Lipinski definition) is 0. The number of ether oxygens (including phenoxy) is 2. The molecule has 1 fully saturated rings. The number of carbonyl (C=O) groups is 1. The minimum absolute atomic E-state index is 0.122. The predicted octanol–water partition coefficient (Wildman–Crippen LogP) is 6.14. The zero-order valence-corrected chi connectivity index (χ0v) is 22.9. The summed E-state index contributed by atoms with van der Waals surface area (Å²) < 4.78 is 11.1. The Morgan fingerprint density at radius 1 is 0.718 bits per heavy atom. The quantitative estimate of drug-likeness (QED) is 0.266. The molecule has 5 rings (SSSR count). The molecular weight excluding hydrogens is 484 g/mol.